The first-order valence-electron chi connectivity index (χ1n) is 7.28. The number of hydrogen-bond donors (Lipinski definition) is 1. The van der Waals surface area contributed by atoms with E-state index >= 15 is 0 Å². The summed E-state index contributed by atoms with van der Waals surface area (Å²) in [5, 5.41) is 22.4. The number of benzene rings is 2. The van der Waals surface area contributed by atoms with Gasteiger partial charge in [0.05, 0.1) is 15.5 Å². The van der Waals surface area contributed by atoms with Crippen LogP contribution in [0.2, 0.25) is 5.02 Å². The molecule has 2 aromatic carbocycles. The van der Waals surface area contributed by atoms with E-state index in [0.29, 0.717) is 5.69 Å². The summed E-state index contributed by atoms with van der Waals surface area (Å²) in [5.41, 5.74) is -0.101. The van der Waals surface area contributed by atoms with Crippen molar-refractivity contribution in [2.75, 3.05) is 5.32 Å². The fraction of sp³-hybridized carbons (Fsp3) is 0.118. The number of nitrogens with one attached hydrogen (secondary N) is 1. The highest BCUT2D eigenvalue weighted by molar-refractivity contribution is 6.32. The number of anilines is 1. The maximum atomic E-state index is 12.1. The van der Waals surface area contributed by atoms with E-state index in [9.17, 15) is 19.7 Å². The molecular formula is C17H12ClN3O5. The van der Waals surface area contributed by atoms with Crippen molar-refractivity contribution < 1.29 is 19.2 Å². The van der Waals surface area contributed by atoms with Gasteiger partial charge >= 0.3 is 5.97 Å². The van der Waals surface area contributed by atoms with Gasteiger partial charge in [0.15, 0.2) is 6.10 Å². The van der Waals surface area contributed by atoms with Crippen LogP contribution in [-0.4, -0.2) is 22.9 Å². The predicted octanol–water partition coefficient (Wildman–Crippen LogP) is 3.30. The number of carbonyl (C=O) groups is 2. The van der Waals surface area contributed by atoms with Crippen molar-refractivity contribution in [3.63, 3.8) is 0 Å². The van der Waals surface area contributed by atoms with Crippen molar-refractivity contribution in [1.82, 2.24) is 0 Å². The fourth-order valence-corrected chi connectivity index (χ4v) is 2.23. The maximum absolute atomic E-state index is 12.1. The third-order valence-corrected chi connectivity index (χ3v) is 3.64. The highest BCUT2D eigenvalue weighted by Gasteiger charge is 2.25. The van der Waals surface area contributed by atoms with Gasteiger partial charge in [0.25, 0.3) is 11.6 Å². The van der Waals surface area contributed by atoms with Crippen LogP contribution in [0.15, 0.2) is 42.5 Å². The first kappa shape index (κ1) is 18.9. The Bertz CT molecular complexity index is 923. The Labute approximate surface area is 153 Å². The molecule has 0 spiro atoms. The zero-order valence-electron chi connectivity index (χ0n) is 13.4. The Morgan fingerprint density at radius 2 is 2.00 bits per heavy atom. The number of nitrogens with zero attached hydrogens (tertiary/aromatic N) is 2. The second-order valence-corrected chi connectivity index (χ2v) is 5.52. The second-order valence-electron chi connectivity index (χ2n) is 5.12. The van der Waals surface area contributed by atoms with Crippen molar-refractivity contribution in [2.24, 2.45) is 0 Å². The summed E-state index contributed by atoms with van der Waals surface area (Å²) < 4.78 is 5.00. The molecule has 0 aromatic heterocycles. The van der Waals surface area contributed by atoms with Crippen LogP contribution in [0.4, 0.5) is 11.4 Å². The number of carbonyl (C=O) groups excluding carboxylic acids is 2. The van der Waals surface area contributed by atoms with Crippen LogP contribution in [0.3, 0.4) is 0 Å². The SMILES string of the molecule is CC(OC(=O)c1ccccc1[N+](=O)[O-])C(=O)Nc1ccc(C#N)c(Cl)c1. The van der Waals surface area contributed by atoms with Crippen molar-refractivity contribution in [1.29, 1.82) is 5.26 Å². The molecule has 2 rings (SSSR count). The second kappa shape index (κ2) is 8.09. The lowest BCUT2D eigenvalue weighted by molar-refractivity contribution is -0.385. The molecule has 1 N–H and O–H groups in total. The minimum Gasteiger partial charge on any atom is -0.449 e. The number of para-hydroxylation sites is 1. The molecule has 1 atom stereocenters. The molecule has 0 bridgehead atoms. The lowest BCUT2D eigenvalue weighted by atomic mass is 10.2. The number of hydrogen-bond acceptors (Lipinski definition) is 6. The van der Waals surface area contributed by atoms with Crippen molar-refractivity contribution >= 4 is 34.9 Å². The standard InChI is InChI=1S/C17H12ClN3O5/c1-10(16(22)20-12-7-6-11(9-19)14(18)8-12)26-17(23)13-4-2-3-5-15(13)21(24)25/h2-8,10H,1H3,(H,20,22). The first-order chi connectivity index (χ1) is 12.3. The van der Waals surface area contributed by atoms with Crippen LogP contribution >= 0.6 is 11.6 Å². The quantitative estimate of drug-likeness (QED) is 0.487. The van der Waals surface area contributed by atoms with Gasteiger partial charge in [-0.2, -0.15) is 5.26 Å². The lowest BCUT2D eigenvalue weighted by Gasteiger charge is -2.14. The molecule has 0 saturated carbocycles. The molecule has 2 aromatic rings. The molecule has 9 heteroatoms. The molecule has 8 nitrogen and oxygen atoms in total. The van der Waals surface area contributed by atoms with Gasteiger partial charge in [0, 0.05) is 11.8 Å². The summed E-state index contributed by atoms with van der Waals surface area (Å²) in [6.07, 6.45) is -1.21. The van der Waals surface area contributed by atoms with E-state index in [2.05, 4.69) is 5.32 Å². The molecule has 26 heavy (non-hydrogen) atoms. The number of nitriles is 1. The predicted molar refractivity (Wildman–Crippen MR) is 92.8 cm³/mol. The van der Waals surface area contributed by atoms with Crippen LogP contribution < -0.4 is 5.32 Å². The summed E-state index contributed by atoms with van der Waals surface area (Å²) in [6, 6.07) is 11.5. The van der Waals surface area contributed by atoms with Crippen LogP contribution in [-0.2, 0) is 9.53 Å². The van der Waals surface area contributed by atoms with Gasteiger partial charge in [-0.25, -0.2) is 4.79 Å². The average Bonchev–Trinajstić information content (AvgIpc) is 2.61. The zero-order valence-corrected chi connectivity index (χ0v) is 14.2. The van der Waals surface area contributed by atoms with Crippen LogP contribution in [0.5, 0.6) is 0 Å². The normalized spacial score (nSPS) is 11.1. The van der Waals surface area contributed by atoms with E-state index in [-0.39, 0.29) is 16.1 Å². The van der Waals surface area contributed by atoms with E-state index in [0.717, 1.165) is 0 Å². The minimum atomic E-state index is -1.21. The minimum absolute atomic E-state index is 0.162. The molecule has 1 amide bonds. The summed E-state index contributed by atoms with van der Waals surface area (Å²) in [4.78, 5) is 34.5. The van der Waals surface area contributed by atoms with Crippen LogP contribution in [0.1, 0.15) is 22.8 Å². The third-order valence-electron chi connectivity index (χ3n) is 3.33. The van der Waals surface area contributed by atoms with E-state index in [1.165, 1.54) is 49.4 Å². The van der Waals surface area contributed by atoms with Gasteiger partial charge in [-0.3, -0.25) is 14.9 Å². The first-order valence-corrected chi connectivity index (χ1v) is 7.66. The zero-order chi connectivity index (χ0) is 19.3. The highest BCUT2D eigenvalue weighted by atomic mass is 35.5. The lowest BCUT2D eigenvalue weighted by Crippen LogP contribution is -2.30. The molecule has 0 saturated heterocycles. The number of esters is 1. The average molecular weight is 374 g/mol. The number of ether oxygens (including phenoxy) is 1. The van der Waals surface area contributed by atoms with E-state index < -0.39 is 28.6 Å². The topological polar surface area (TPSA) is 122 Å². The Kier molecular flexibility index (Phi) is 5.88. The monoisotopic (exact) mass is 373 g/mol. The molecular weight excluding hydrogens is 362 g/mol. The third kappa shape index (κ3) is 4.34. The Balaban J connectivity index is 2.08. The molecule has 0 aliphatic rings. The molecule has 132 valence electrons. The van der Waals surface area contributed by atoms with Crippen LogP contribution in [0.25, 0.3) is 0 Å². The summed E-state index contributed by atoms with van der Waals surface area (Å²) >= 11 is 5.88. The van der Waals surface area contributed by atoms with E-state index in [4.69, 9.17) is 21.6 Å². The van der Waals surface area contributed by atoms with Crippen LogP contribution in [0, 0.1) is 21.4 Å². The Morgan fingerprint density at radius 3 is 2.62 bits per heavy atom. The largest absolute Gasteiger partial charge is 0.449 e. The molecule has 0 fully saturated rings. The highest BCUT2D eigenvalue weighted by Crippen LogP contribution is 2.21. The van der Waals surface area contributed by atoms with Gasteiger partial charge in [0.2, 0.25) is 0 Å². The molecule has 0 heterocycles. The van der Waals surface area contributed by atoms with Gasteiger partial charge < -0.3 is 10.1 Å². The molecule has 0 radical (unpaired) electrons. The van der Waals surface area contributed by atoms with Gasteiger partial charge in [-0.15, -0.1) is 0 Å². The smallest absolute Gasteiger partial charge is 0.345 e. The maximum Gasteiger partial charge on any atom is 0.345 e. The van der Waals surface area contributed by atoms with Gasteiger partial charge in [-0.05, 0) is 31.2 Å². The van der Waals surface area contributed by atoms with E-state index in [1.807, 2.05) is 6.07 Å². The van der Waals surface area contributed by atoms with Crippen molar-refractivity contribution in [2.45, 2.75) is 13.0 Å². The number of rotatable bonds is 5. The van der Waals surface area contributed by atoms with Gasteiger partial charge in [0.1, 0.15) is 11.6 Å². The Morgan fingerprint density at radius 1 is 1.31 bits per heavy atom. The number of nitro groups is 1. The summed E-state index contributed by atoms with van der Waals surface area (Å²) in [6.45, 7) is 1.33. The van der Waals surface area contributed by atoms with E-state index in [1.54, 1.807) is 0 Å². The molecule has 0 aliphatic heterocycles. The number of halogens is 1. The number of amides is 1. The van der Waals surface area contributed by atoms with Crippen molar-refractivity contribution in [3.8, 4) is 6.07 Å². The molecule has 0 aliphatic carbocycles. The Hall–Kier alpha value is -3.44. The number of nitro benzene ring substituents is 1. The van der Waals surface area contributed by atoms with Crippen molar-refractivity contribution in [3.05, 3.63) is 68.7 Å². The summed E-state index contributed by atoms with van der Waals surface area (Å²) in [7, 11) is 0. The van der Waals surface area contributed by atoms with Gasteiger partial charge in [-0.1, -0.05) is 23.7 Å². The molecule has 1 unspecified atom stereocenters. The summed E-state index contributed by atoms with van der Waals surface area (Å²) in [5.74, 6) is -1.64. The fourth-order valence-electron chi connectivity index (χ4n) is 2.01.